The summed E-state index contributed by atoms with van der Waals surface area (Å²) >= 11 is 10.6. The van der Waals surface area contributed by atoms with E-state index in [1.807, 2.05) is 184 Å². The number of likely N-dealkylation sites (tertiary alicyclic amines) is 4. The van der Waals surface area contributed by atoms with Gasteiger partial charge in [-0.05, 0) is 281 Å². The Labute approximate surface area is 859 Å². The van der Waals surface area contributed by atoms with Crippen molar-refractivity contribution in [3.8, 4) is 43.3 Å². The molecule has 146 heavy (non-hydrogen) atoms. The zero-order valence-electron chi connectivity index (χ0n) is 80.7. The Morgan fingerprint density at radius 1 is 0.411 bits per heavy atom. The van der Waals surface area contributed by atoms with Gasteiger partial charge in [0, 0.05) is 116 Å². The third-order valence-corrected chi connectivity index (χ3v) is 33.4. The van der Waals surface area contributed by atoms with Crippen molar-refractivity contribution in [3.63, 3.8) is 0 Å². The maximum atomic E-state index is 13.3. The number of anilines is 4. The van der Waals surface area contributed by atoms with Crippen LogP contribution in [-0.4, -0.2) is 177 Å². The molecule has 8 aliphatic rings. The molecule has 0 unspecified atom stereocenters. The summed E-state index contributed by atoms with van der Waals surface area (Å²) in [7, 11) is 0. The van der Waals surface area contributed by atoms with Crippen LogP contribution in [0.4, 0.5) is 23.8 Å². The average molecular weight is 2020 g/mol. The Morgan fingerprint density at radius 3 is 1.25 bits per heavy atom. The number of fused-ring (bicyclic) bond motifs is 4. The first-order valence-corrected chi connectivity index (χ1v) is 52.1. The van der Waals surface area contributed by atoms with Crippen molar-refractivity contribution in [1.29, 1.82) is 0 Å². The second-order valence-electron chi connectivity index (χ2n) is 39.1. The number of aromatic nitrogens is 12. The first kappa shape index (κ1) is 96.7. The van der Waals surface area contributed by atoms with Crippen molar-refractivity contribution in [2.24, 2.45) is 21.7 Å². The second kappa shape index (κ2) is 40.6. The molecular weight excluding hydrogens is 1920 g/mol. The number of imidazole rings is 4. The van der Waals surface area contributed by atoms with E-state index in [9.17, 15) is 38.4 Å². The number of halogens is 1. The maximum Gasteiger partial charge on any atom is 0.268 e. The summed E-state index contributed by atoms with van der Waals surface area (Å²) in [6, 6.07) is 64.0. The number of carbonyl (C=O) groups is 8. The van der Waals surface area contributed by atoms with E-state index in [1.54, 1.807) is 36.9 Å². The Balaban J connectivity index is 0.000000114. The van der Waals surface area contributed by atoms with Gasteiger partial charge >= 0.3 is 0 Å². The number of ether oxygens (including phenoxy) is 1. The van der Waals surface area contributed by atoms with Crippen LogP contribution in [0.3, 0.4) is 0 Å². The van der Waals surface area contributed by atoms with Gasteiger partial charge in [0.25, 0.3) is 23.6 Å². The Hall–Kier alpha value is -15.5. The average Bonchev–Trinajstić information content (AvgIpc) is 1.58. The molecule has 4 aliphatic heterocycles. The molecule has 15 heterocycles. The number of rotatable bonds is 23. The fourth-order valence-electron chi connectivity index (χ4n) is 22.5. The minimum absolute atomic E-state index is 0.00422. The number of thiophene rings is 3. The van der Waals surface area contributed by atoms with Gasteiger partial charge in [-0.2, -0.15) is 0 Å². The van der Waals surface area contributed by atoms with E-state index in [4.69, 9.17) is 40.7 Å². The van der Waals surface area contributed by atoms with E-state index in [0.717, 1.165) is 229 Å². The fourth-order valence-corrected chi connectivity index (χ4v) is 25.3. The summed E-state index contributed by atoms with van der Waals surface area (Å²) < 4.78 is 19.8. The fraction of sp³-hybridized carbons (Fsp3) is 0.286. The van der Waals surface area contributed by atoms with E-state index in [0.29, 0.717) is 60.6 Å². The lowest BCUT2D eigenvalue weighted by atomic mass is 9.64. The van der Waals surface area contributed by atoms with E-state index in [-0.39, 0.29) is 93.1 Å². The van der Waals surface area contributed by atoms with Crippen molar-refractivity contribution in [2.75, 3.05) is 73.6 Å². The van der Waals surface area contributed by atoms with Crippen molar-refractivity contribution in [3.05, 3.63) is 312 Å². The molecule has 4 saturated heterocycles. The zero-order valence-corrected chi connectivity index (χ0v) is 83.9. The number of amides is 8. The lowest BCUT2D eigenvalue weighted by Crippen LogP contribution is -2.42. The smallest absolute Gasteiger partial charge is 0.268 e. The first-order chi connectivity index (χ1) is 70.9. The van der Waals surface area contributed by atoms with Crippen LogP contribution in [0, 0.1) is 21.7 Å². The molecule has 0 bridgehead atoms. The van der Waals surface area contributed by atoms with Gasteiger partial charge < -0.3 is 47.0 Å². The van der Waals surface area contributed by atoms with Crippen molar-refractivity contribution < 1.29 is 47.5 Å². The van der Waals surface area contributed by atoms with Crippen molar-refractivity contribution in [2.45, 2.75) is 128 Å². The number of benzene rings is 5. The highest BCUT2D eigenvalue weighted by Crippen LogP contribution is 2.60. The standard InChI is InChI=1S/C29H27N5O3.C29H29N5O2S.C28H28N6O2S.C26H23ClN4O3S/c1-2-26(35)33-15-14-29(19-33)16-21(17-29)34-24-11-7-6-10-23(24)31-28(34)32-27(36)20-12-13-25(30-18-20)37-22-8-4-3-5-9-22;1-3-20-15-19(11-13-30-20)24-9-10-25(37-24)27(36)32-28-31-22-7-5-6-8-23(22)34(28)21-16-29(17-21)12-14-33(18-29)26(35)4-2;1-3-18-13-21(30-17-29-18)23-9-10-24(37-23)26(36)32-27-31-20-7-5-6-8-22(20)34(27)19-14-28(15-19)11-12-33(16-28)25(35)4-2;1-2-23(32)30-10-9-26(15-30)13-17(14-26)31-19-12-16(27)5-6-18(19)28-25(31)29-24(33)22-8-7-21(35-22)20-4-3-11-34-20/h2-13,18,21H,1,14-17,19H2,(H,31,32,36);4-11,13,15,21H,2-3,12,14,16-18H2,1H3,(H,31,32,36);4-10,13,17,19H,2-3,11-12,14-16H2,1H3,(H,31,32,36);2-8,11-12,17H,1,9-10,13-15H2,(H,28,29,33). The highest BCUT2D eigenvalue weighted by molar-refractivity contribution is 7.18. The van der Waals surface area contributed by atoms with Gasteiger partial charge in [-0.25, -0.2) is 34.9 Å². The third kappa shape index (κ3) is 19.6. The maximum absolute atomic E-state index is 13.3. The molecule has 0 atom stereocenters. The lowest BCUT2D eigenvalue weighted by Gasteiger charge is -2.46. The first-order valence-electron chi connectivity index (χ1n) is 49.2. The number of carbonyl (C=O) groups excluding carboxylic acids is 8. The Morgan fingerprint density at radius 2 is 0.815 bits per heavy atom. The molecule has 4 saturated carbocycles. The Kier molecular flexibility index (Phi) is 26.9. The van der Waals surface area contributed by atoms with Crippen LogP contribution in [0.5, 0.6) is 11.6 Å². The van der Waals surface area contributed by atoms with Gasteiger partial charge in [0.05, 0.1) is 86.0 Å². The van der Waals surface area contributed by atoms with Gasteiger partial charge in [-0.3, -0.25) is 64.6 Å². The molecule has 4 aliphatic carbocycles. The highest BCUT2D eigenvalue weighted by atomic mass is 35.5. The van der Waals surface area contributed by atoms with Crippen LogP contribution in [0.1, 0.15) is 166 Å². The minimum atomic E-state index is -0.284. The molecule has 11 aromatic heterocycles. The van der Waals surface area contributed by atoms with Gasteiger partial charge in [0.15, 0.2) is 0 Å². The number of aryl methyl sites for hydroxylation is 2. The number of hydrogen-bond donors (Lipinski definition) is 4. The monoisotopic (exact) mass is 2020 g/mol. The molecular formula is C112H107ClN20O10S3. The van der Waals surface area contributed by atoms with Crippen molar-refractivity contribution >= 4 is 161 Å². The van der Waals surface area contributed by atoms with Gasteiger partial charge in [0.1, 0.15) is 17.8 Å². The topological polar surface area (TPSA) is 343 Å². The quantitative estimate of drug-likeness (QED) is 0.0432. The molecule has 8 fully saturated rings. The highest BCUT2D eigenvalue weighted by Gasteiger charge is 2.55. The van der Waals surface area contributed by atoms with Gasteiger partial charge in [0.2, 0.25) is 53.3 Å². The van der Waals surface area contributed by atoms with Crippen LogP contribution in [0.15, 0.2) is 280 Å². The SMILES string of the molecule is C=CC(=O)N1CCC2(CC(n3c(NC(=O)c4ccc(-c5cc(CC)ncn5)s4)nc4ccccc43)C2)C1.C=CC(=O)N1CCC2(CC(n3c(NC(=O)c4ccc(-c5ccco5)s4)nc4ccc(Cl)cc43)C2)C1.C=CC(=O)N1CCC2(CC(n3c(NC(=O)c4ccc(-c5ccnc(CC)c5)s4)nc4ccccc43)C2)C1.C=CC(=O)N1CCC2(CC(n3c(NC(=O)c4ccc(Oc5ccccc5)nc4)nc4ccccc43)C2)C1. The van der Waals surface area contributed by atoms with Crippen LogP contribution < -0.4 is 26.0 Å². The second-order valence-corrected chi connectivity index (χ2v) is 42.8. The van der Waals surface area contributed by atoms with E-state index >= 15 is 0 Å². The number of nitrogens with one attached hydrogen (secondary N) is 4. The summed E-state index contributed by atoms with van der Waals surface area (Å²) in [4.78, 5) is 150. The number of nitrogens with zero attached hydrogens (tertiary/aromatic N) is 16. The number of pyridine rings is 2. The predicted molar refractivity (Wildman–Crippen MR) is 569 cm³/mol. The molecule has 5 aromatic carbocycles. The summed E-state index contributed by atoms with van der Waals surface area (Å²) in [6.07, 6.45) is 25.3. The van der Waals surface area contributed by atoms with Crippen LogP contribution >= 0.6 is 45.6 Å². The molecule has 24 rings (SSSR count). The van der Waals surface area contributed by atoms with E-state index in [2.05, 4.69) is 118 Å². The van der Waals surface area contributed by atoms with Gasteiger partial charge in [-0.1, -0.05) is 106 Å². The van der Waals surface area contributed by atoms with Gasteiger partial charge in [-0.15, -0.1) is 34.0 Å². The molecule has 0 radical (unpaired) electrons. The lowest BCUT2D eigenvalue weighted by molar-refractivity contribution is -0.126. The van der Waals surface area contributed by atoms with E-state index in [1.165, 1.54) is 64.5 Å². The van der Waals surface area contributed by atoms with Crippen LogP contribution in [0.25, 0.3) is 75.8 Å². The zero-order chi connectivity index (χ0) is 101. The summed E-state index contributed by atoms with van der Waals surface area (Å²) in [5, 5.41) is 12.8. The summed E-state index contributed by atoms with van der Waals surface area (Å²) in [6.45, 7) is 24.8. The molecule has 4 N–H and O–H groups in total. The number of furan rings is 1. The largest absolute Gasteiger partial charge is 0.464 e. The third-order valence-electron chi connectivity index (χ3n) is 29.9. The van der Waals surface area contributed by atoms with E-state index < -0.39 is 0 Å². The number of para-hydroxylation sites is 7. The molecule has 30 nitrogen and oxygen atoms in total. The molecule has 740 valence electrons. The normalized spacial score (nSPS) is 20.9. The number of hydrogen-bond acceptors (Lipinski definition) is 21. The Bertz CT molecular complexity index is 7530. The minimum Gasteiger partial charge on any atom is -0.464 e. The van der Waals surface area contributed by atoms with Crippen LogP contribution in [-0.2, 0) is 32.0 Å². The predicted octanol–water partition coefficient (Wildman–Crippen LogP) is 22.0. The summed E-state index contributed by atoms with van der Waals surface area (Å²) in [5.74, 6) is 3.15. The molecule has 34 heteroatoms. The summed E-state index contributed by atoms with van der Waals surface area (Å²) in [5.41, 5.74) is 12.0. The molecule has 4 spiro atoms. The van der Waals surface area contributed by atoms with Crippen molar-refractivity contribution in [1.82, 2.24) is 77.7 Å². The molecule has 8 amide bonds. The molecule has 16 aromatic rings. The van der Waals surface area contributed by atoms with Crippen LogP contribution in [0.2, 0.25) is 5.02 Å².